The number of methoxy groups -OCH3 is 1. The number of likely N-dealkylation sites (tertiary alicyclic amines) is 1. The van der Waals surface area contributed by atoms with Gasteiger partial charge in [0.1, 0.15) is 18.2 Å². The van der Waals surface area contributed by atoms with E-state index in [1.807, 2.05) is 39.0 Å². The predicted octanol–water partition coefficient (Wildman–Crippen LogP) is 3.06. The molecule has 0 aliphatic carbocycles. The van der Waals surface area contributed by atoms with Crippen LogP contribution in [0.3, 0.4) is 0 Å². The number of aromatic nitrogens is 4. The number of amides is 1. The number of nitrogens with zero attached hydrogens (tertiary/aromatic N) is 5. The highest BCUT2D eigenvalue weighted by Crippen LogP contribution is 2.33. The molecule has 0 N–H and O–H groups in total. The molecule has 2 aromatic rings. The molecule has 1 amide bonds. The normalized spacial score (nSPS) is 16.8. The van der Waals surface area contributed by atoms with Crippen LogP contribution < -0.4 is 0 Å². The van der Waals surface area contributed by atoms with Gasteiger partial charge in [-0.25, -0.2) is 4.79 Å². The molecule has 1 atom stereocenters. The SMILES string of the molecule is COCc1nnn([C@@H](c2ccccc2)C2CCN(C(=O)OC(C)(C)C)CC2)n1. The third-order valence-electron chi connectivity index (χ3n) is 4.77. The van der Waals surface area contributed by atoms with E-state index in [0.29, 0.717) is 31.4 Å². The average molecular weight is 387 g/mol. The summed E-state index contributed by atoms with van der Waals surface area (Å²) >= 11 is 0. The number of carbonyl (C=O) groups is 1. The summed E-state index contributed by atoms with van der Waals surface area (Å²) in [6.07, 6.45) is 1.45. The minimum atomic E-state index is -0.483. The smallest absolute Gasteiger partial charge is 0.410 e. The van der Waals surface area contributed by atoms with Crippen LogP contribution in [0.15, 0.2) is 30.3 Å². The van der Waals surface area contributed by atoms with E-state index in [9.17, 15) is 4.79 Å². The van der Waals surface area contributed by atoms with Crippen LogP contribution in [0.2, 0.25) is 0 Å². The van der Waals surface area contributed by atoms with Crippen molar-refractivity contribution in [2.24, 2.45) is 5.92 Å². The quantitative estimate of drug-likeness (QED) is 0.784. The predicted molar refractivity (Wildman–Crippen MR) is 104 cm³/mol. The highest BCUT2D eigenvalue weighted by molar-refractivity contribution is 5.68. The molecular weight excluding hydrogens is 358 g/mol. The Balaban J connectivity index is 1.74. The summed E-state index contributed by atoms with van der Waals surface area (Å²) in [5.41, 5.74) is 0.655. The largest absolute Gasteiger partial charge is 0.444 e. The van der Waals surface area contributed by atoms with Crippen LogP contribution in [0.4, 0.5) is 4.79 Å². The van der Waals surface area contributed by atoms with Crippen LogP contribution >= 0.6 is 0 Å². The first kappa shape index (κ1) is 20.3. The lowest BCUT2D eigenvalue weighted by molar-refractivity contribution is 0.0165. The minimum absolute atomic E-state index is 0.0277. The number of rotatable bonds is 5. The standard InChI is InChI=1S/C20H29N5O3/c1-20(2,3)28-19(26)24-12-10-16(11-13-24)18(15-8-6-5-7-9-15)25-22-17(14-27-4)21-23-25/h5-9,16,18H,10-14H2,1-4H3/t18-/m0/s1. The second-order valence-corrected chi connectivity index (χ2v) is 8.12. The molecule has 8 heteroatoms. The molecule has 1 saturated heterocycles. The number of piperidine rings is 1. The van der Waals surface area contributed by atoms with E-state index in [4.69, 9.17) is 9.47 Å². The maximum absolute atomic E-state index is 12.4. The molecule has 1 aromatic heterocycles. The van der Waals surface area contributed by atoms with Crippen molar-refractivity contribution in [2.45, 2.75) is 51.9 Å². The van der Waals surface area contributed by atoms with Crippen LogP contribution in [0.5, 0.6) is 0 Å². The molecule has 1 aliphatic heterocycles. The maximum Gasteiger partial charge on any atom is 0.410 e. The van der Waals surface area contributed by atoms with Crippen molar-refractivity contribution in [3.63, 3.8) is 0 Å². The number of ether oxygens (including phenoxy) is 2. The van der Waals surface area contributed by atoms with E-state index >= 15 is 0 Å². The molecule has 0 unspecified atom stereocenters. The fourth-order valence-electron chi connectivity index (χ4n) is 3.53. The first-order valence-corrected chi connectivity index (χ1v) is 9.67. The summed E-state index contributed by atoms with van der Waals surface area (Å²) in [7, 11) is 1.61. The molecule has 0 spiro atoms. The third-order valence-corrected chi connectivity index (χ3v) is 4.77. The topological polar surface area (TPSA) is 82.4 Å². The second kappa shape index (κ2) is 8.68. The first-order chi connectivity index (χ1) is 13.4. The second-order valence-electron chi connectivity index (χ2n) is 8.12. The molecule has 2 heterocycles. The zero-order chi connectivity index (χ0) is 20.1. The summed E-state index contributed by atoms with van der Waals surface area (Å²) in [5, 5.41) is 12.9. The third kappa shape index (κ3) is 5.07. The molecule has 1 aromatic carbocycles. The van der Waals surface area contributed by atoms with Gasteiger partial charge in [-0.05, 0) is 50.3 Å². The lowest BCUT2D eigenvalue weighted by Gasteiger charge is -2.36. The van der Waals surface area contributed by atoms with Crippen molar-refractivity contribution in [3.8, 4) is 0 Å². The molecule has 0 saturated carbocycles. The van der Waals surface area contributed by atoms with Crippen molar-refractivity contribution < 1.29 is 14.3 Å². The van der Waals surface area contributed by atoms with Gasteiger partial charge >= 0.3 is 6.09 Å². The molecule has 152 valence electrons. The van der Waals surface area contributed by atoms with Crippen molar-refractivity contribution in [1.82, 2.24) is 25.1 Å². The lowest BCUT2D eigenvalue weighted by atomic mass is 9.86. The molecule has 0 radical (unpaired) electrons. The Kier molecular flexibility index (Phi) is 6.28. The zero-order valence-corrected chi connectivity index (χ0v) is 17.0. The number of tetrazole rings is 1. The van der Waals surface area contributed by atoms with Crippen LogP contribution in [0.25, 0.3) is 0 Å². The van der Waals surface area contributed by atoms with Gasteiger partial charge in [0.05, 0.1) is 0 Å². The van der Waals surface area contributed by atoms with Gasteiger partial charge in [-0.15, -0.1) is 10.2 Å². The van der Waals surface area contributed by atoms with Crippen molar-refractivity contribution in [3.05, 3.63) is 41.7 Å². The lowest BCUT2D eigenvalue weighted by Crippen LogP contribution is -2.43. The van der Waals surface area contributed by atoms with Crippen LogP contribution in [-0.2, 0) is 16.1 Å². The maximum atomic E-state index is 12.4. The number of carbonyl (C=O) groups excluding carboxylic acids is 1. The first-order valence-electron chi connectivity index (χ1n) is 9.67. The van der Waals surface area contributed by atoms with Crippen LogP contribution in [-0.4, -0.2) is 57.0 Å². The highest BCUT2D eigenvalue weighted by Gasteiger charge is 2.33. The minimum Gasteiger partial charge on any atom is -0.444 e. The number of hydrogen-bond acceptors (Lipinski definition) is 6. The Morgan fingerprint density at radius 2 is 1.89 bits per heavy atom. The van der Waals surface area contributed by atoms with Crippen molar-refractivity contribution >= 4 is 6.09 Å². The molecule has 1 fully saturated rings. The Labute approximate surface area is 165 Å². The van der Waals surface area contributed by atoms with Gasteiger partial charge in [-0.1, -0.05) is 30.3 Å². The van der Waals surface area contributed by atoms with E-state index in [1.54, 1.807) is 16.8 Å². The molecule has 0 bridgehead atoms. The van der Waals surface area contributed by atoms with Crippen molar-refractivity contribution in [1.29, 1.82) is 0 Å². The van der Waals surface area contributed by atoms with E-state index in [0.717, 1.165) is 18.4 Å². The van der Waals surface area contributed by atoms with Gasteiger partial charge in [0.2, 0.25) is 0 Å². The Hall–Kier alpha value is -2.48. The summed E-state index contributed by atoms with van der Waals surface area (Å²) in [5.74, 6) is 0.861. The molecule has 1 aliphatic rings. The van der Waals surface area contributed by atoms with E-state index in [1.165, 1.54) is 0 Å². The monoisotopic (exact) mass is 387 g/mol. The number of benzene rings is 1. The van der Waals surface area contributed by atoms with Gasteiger partial charge in [-0.3, -0.25) is 0 Å². The van der Waals surface area contributed by atoms with E-state index in [-0.39, 0.29) is 12.1 Å². The Morgan fingerprint density at radius 1 is 1.21 bits per heavy atom. The fraction of sp³-hybridized carbons (Fsp3) is 0.600. The number of hydrogen-bond donors (Lipinski definition) is 0. The van der Waals surface area contributed by atoms with Crippen LogP contribution in [0, 0.1) is 5.92 Å². The van der Waals surface area contributed by atoms with Crippen molar-refractivity contribution in [2.75, 3.05) is 20.2 Å². The highest BCUT2D eigenvalue weighted by atomic mass is 16.6. The summed E-state index contributed by atoms with van der Waals surface area (Å²) < 4.78 is 10.6. The average Bonchev–Trinajstić information content (AvgIpc) is 3.10. The summed E-state index contributed by atoms with van der Waals surface area (Å²) in [6, 6.07) is 10.2. The molecular formula is C20H29N5O3. The van der Waals surface area contributed by atoms with Crippen LogP contribution in [0.1, 0.15) is 51.0 Å². The van der Waals surface area contributed by atoms with Gasteiger partial charge < -0.3 is 14.4 Å². The summed E-state index contributed by atoms with van der Waals surface area (Å²) in [4.78, 5) is 15.8. The Bertz CT molecular complexity index is 764. The fourth-order valence-corrected chi connectivity index (χ4v) is 3.53. The van der Waals surface area contributed by atoms with E-state index in [2.05, 4.69) is 27.5 Å². The molecule has 8 nitrogen and oxygen atoms in total. The van der Waals surface area contributed by atoms with E-state index < -0.39 is 5.60 Å². The molecule has 3 rings (SSSR count). The van der Waals surface area contributed by atoms with Gasteiger partial charge in [0, 0.05) is 20.2 Å². The Morgan fingerprint density at radius 3 is 2.50 bits per heavy atom. The molecule has 28 heavy (non-hydrogen) atoms. The van der Waals surface area contributed by atoms with Gasteiger partial charge in [0.25, 0.3) is 0 Å². The zero-order valence-electron chi connectivity index (χ0n) is 17.0. The summed E-state index contributed by atoms with van der Waals surface area (Å²) in [6.45, 7) is 7.30. The van der Waals surface area contributed by atoms with Gasteiger partial charge in [-0.2, -0.15) is 4.80 Å². The van der Waals surface area contributed by atoms with Gasteiger partial charge in [0.15, 0.2) is 5.82 Å².